The van der Waals surface area contributed by atoms with Gasteiger partial charge in [-0.05, 0) is 40.9 Å². The second-order valence-corrected chi connectivity index (χ2v) is 4.39. The van der Waals surface area contributed by atoms with Gasteiger partial charge in [-0.1, -0.05) is 6.42 Å². The van der Waals surface area contributed by atoms with Gasteiger partial charge in [-0.25, -0.2) is 0 Å². The number of rotatable bonds is 3. The molecule has 1 fully saturated rings. The van der Waals surface area contributed by atoms with Gasteiger partial charge in [-0.2, -0.15) is 0 Å². The number of hydrogen-bond donors (Lipinski definition) is 1. The van der Waals surface area contributed by atoms with Crippen LogP contribution in [0.3, 0.4) is 0 Å². The highest BCUT2D eigenvalue weighted by molar-refractivity contribution is 9.10. The molecule has 0 unspecified atom stereocenters. The Kier molecular flexibility index (Phi) is 2.96. The van der Waals surface area contributed by atoms with Crippen LogP contribution in [0.5, 0.6) is 0 Å². The molecule has 2 rings (SSSR count). The van der Waals surface area contributed by atoms with E-state index in [1.54, 1.807) is 0 Å². The van der Waals surface area contributed by atoms with Crippen molar-refractivity contribution in [1.29, 1.82) is 0 Å². The first-order valence-electron chi connectivity index (χ1n) is 4.68. The third-order valence-electron chi connectivity index (χ3n) is 2.47. The lowest BCUT2D eigenvalue weighted by molar-refractivity contribution is 0.337. The SMILES string of the molecule is Brc1ccc(CNC2CCC2)nc1. The van der Waals surface area contributed by atoms with E-state index in [9.17, 15) is 0 Å². The summed E-state index contributed by atoms with van der Waals surface area (Å²) in [6.07, 6.45) is 5.89. The van der Waals surface area contributed by atoms with Gasteiger partial charge in [0.2, 0.25) is 0 Å². The molecule has 0 aliphatic heterocycles. The summed E-state index contributed by atoms with van der Waals surface area (Å²) in [5, 5.41) is 3.48. The smallest absolute Gasteiger partial charge is 0.0542 e. The van der Waals surface area contributed by atoms with Gasteiger partial charge < -0.3 is 5.32 Å². The van der Waals surface area contributed by atoms with Crippen molar-refractivity contribution in [2.24, 2.45) is 0 Å². The van der Waals surface area contributed by atoms with Crippen LogP contribution in [0.4, 0.5) is 0 Å². The van der Waals surface area contributed by atoms with Crippen LogP contribution in [-0.4, -0.2) is 11.0 Å². The Balaban J connectivity index is 1.83. The highest BCUT2D eigenvalue weighted by Gasteiger charge is 2.15. The van der Waals surface area contributed by atoms with Gasteiger partial charge in [-0.3, -0.25) is 4.98 Å². The lowest BCUT2D eigenvalue weighted by Gasteiger charge is -2.26. The maximum absolute atomic E-state index is 4.30. The predicted octanol–water partition coefficient (Wildman–Crippen LogP) is 2.49. The van der Waals surface area contributed by atoms with E-state index in [4.69, 9.17) is 0 Å². The summed E-state index contributed by atoms with van der Waals surface area (Å²) in [6, 6.07) is 4.83. The van der Waals surface area contributed by atoms with Crippen LogP contribution in [0, 0.1) is 0 Å². The minimum atomic E-state index is 0.741. The van der Waals surface area contributed by atoms with E-state index in [1.165, 1.54) is 19.3 Å². The van der Waals surface area contributed by atoms with Crippen LogP contribution in [0.2, 0.25) is 0 Å². The van der Waals surface area contributed by atoms with Crippen molar-refractivity contribution in [3.05, 3.63) is 28.5 Å². The number of nitrogens with one attached hydrogen (secondary N) is 1. The molecule has 1 aliphatic carbocycles. The number of nitrogens with zero attached hydrogens (tertiary/aromatic N) is 1. The Morgan fingerprint density at radius 3 is 2.85 bits per heavy atom. The van der Waals surface area contributed by atoms with Crippen LogP contribution in [0.25, 0.3) is 0 Å². The van der Waals surface area contributed by atoms with Gasteiger partial charge in [-0.15, -0.1) is 0 Å². The van der Waals surface area contributed by atoms with E-state index in [2.05, 4.69) is 32.3 Å². The standard InChI is InChI=1S/C10H13BrN2/c11-8-4-5-10(12-6-8)7-13-9-2-1-3-9/h4-6,9,13H,1-3,7H2. The zero-order valence-corrected chi connectivity index (χ0v) is 9.05. The summed E-state index contributed by atoms with van der Waals surface area (Å²) < 4.78 is 1.04. The second kappa shape index (κ2) is 4.20. The number of halogens is 1. The van der Waals surface area contributed by atoms with Crippen molar-refractivity contribution in [1.82, 2.24) is 10.3 Å². The zero-order valence-electron chi connectivity index (χ0n) is 7.46. The Morgan fingerprint density at radius 2 is 2.31 bits per heavy atom. The molecule has 1 saturated carbocycles. The summed E-state index contributed by atoms with van der Waals surface area (Å²) in [5.41, 5.74) is 1.12. The average molecular weight is 241 g/mol. The summed E-state index contributed by atoms with van der Waals surface area (Å²) in [7, 11) is 0. The summed E-state index contributed by atoms with van der Waals surface area (Å²) in [5.74, 6) is 0. The maximum Gasteiger partial charge on any atom is 0.0542 e. The molecule has 1 aromatic heterocycles. The van der Waals surface area contributed by atoms with Crippen molar-refractivity contribution in [3.8, 4) is 0 Å². The maximum atomic E-state index is 4.30. The van der Waals surface area contributed by atoms with Crippen molar-refractivity contribution < 1.29 is 0 Å². The number of hydrogen-bond acceptors (Lipinski definition) is 2. The fourth-order valence-electron chi connectivity index (χ4n) is 1.37. The molecular formula is C10H13BrN2. The second-order valence-electron chi connectivity index (χ2n) is 3.48. The molecule has 1 aromatic rings. The largest absolute Gasteiger partial charge is 0.308 e. The first kappa shape index (κ1) is 9.16. The summed E-state index contributed by atoms with van der Waals surface area (Å²) >= 11 is 3.37. The monoisotopic (exact) mass is 240 g/mol. The van der Waals surface area contributed by atoms with Crippen molar-refractivity contribution in [2.75, 3.05) is 0 Å². The molecule has 70 valence electrons. The molecule has 13 heavy (non-hydrogen) atoms. The van der Waals surface area contributed by atoms with E-state index in [0.717, 1.165) is 22.8 Å². The molecule has 0 bridgehead atoms. The van der Waals surface area contributed by atoms with Crippen LogP contribution in [-0.2, 0) is 6.54 Å². The molecule has 0 aromatic carbocycles. The zero-order chi connectivity index (χ0) is 9.10. The predicted molar refractivity (Wildman–Crippen MR) is 56.4 cm³/mol. The quantitative estimate of drug-likeness (QED) is 0.879. The van der Waals surface area contributed by atoms with Gasteiger partial charge in [0, 0.05) is 23.3 Å². The Hall–Kier alpha value is -0.410. The minimum absolute atomic E-state index is 0.741. The molecule has 0 spiro atoms. The van der Waals surface area contributed by atoms with Crippen LogP contribution >= 0.6 is 15.9 Å². The van der Waals surface area contributed by atoms with Crippen molar-refractivity contribution in [2.45, 2.75) is 31.8 Å². The number of aromatic nitrogens is 1. The lowest BCUT2D eigenvalue weighted by Crippen LogP contribution is -2.34. The van der Waals surface area contributed by atoms with Gasteiger partial charge >= 0.3 is 0 Å². The summed E-state index contributed by atoms with van der Waals surface area (Å²) in [4.78, 5) is 4.30. The fraction of sp³-hybridized carbons (Fsp3) is 0.500. The van der Waals surface area contributed by atoms with Crippen molar-refractivity contribution in [3.63, 3.8) is 0 Å². The molecule has 1 aliphatic rings. The molecule has 0 saturated heterocycles. The molecule has 3 heteroatoms. The first-order chi connectivity index (χ1) is 6.34. The first-order valence-corrected chi connectivity index (χ1v) is 5.48. The van der Waals surface area contributed by atoms with Gasteiger partial charge in [0.05, 0.1) is 5.69 Å². The summed E-state index contributed by atoms with van der Waals surface area (Å²) in [6.45, 7) is 0.901. The van der Waals surface area contributed by atoms with E-state index in [0.29, 0.717) is 0 Å². The van der Waals surface area contributed by atoms with Gasteiger partial charge in [0.25, 0.3) is 0 Å². The van der Waals surface area contributed by atoms with E-state index >= 15 is 0 Å². The number of pyridine rings is 1. The van der Waals surface area contributed by atoms with Crippen LogP contribution in [0.1, 0.15) is 25.0 Å². The van der Waals surface area contributed by atoms with Crippen LogP contribution in [0.15, 0.2) is 22.8 Å². The molecule has 0 radical (unpaired) electrons. The third-order valence-corrected chi connectivity index (χ3v) is 2.93. The average Bonchev–Trinajstić information content (AvgIpc) is 2.05. The highest BCUT2D eigenvalue weighted by atomic mass is 79.9. The topological polar surface area (TPSA) is 24.9 Å². The van der Waals surface area contributed by atoms with Gasteiger partial charge in [0.1, 0.15) is 0 Å². The minimum Gasteiger partial charge on any atom is -0.308 e. The molecule has 0 atom stereocenters. The van der Waals surface area contributed by atoms with E-state index in [1.807, 2.05) is 12.3 Å². The van der Waals surface area contributed by atoms with Crippen molar-refractivity contribution >= 4 is 15.9 Å². The third kappa shape index (κ3) is 2.51. The lowest BCUT2D eigenvalue weighted by atomic mass is 9.93. The molecule has 1 N–H and O–H groups in total. The molecular weight excluding hydrogens is 228 g/mol. The Morgan fingerprint density at radius 1 is 1.46 bits per heavy atom. The van der Waals surface area contributed by atoms with E-state index in [-0.39, 0.29) is 0 Å². The van der Waals surface area contributed by atoms with Crippen LogP contribution < -0.4 is 5.32 Å². The normalized spacial score (nSPS) is 17.0. The molecule has 2 nitrogen and oxygen atoms in total. The van der Waals surface area contributed by atoms with Gasteiger partial charge in [0.15, 0.2) is 0 Å². The Bertz CT molecular complexity index is 267. The molecule has 1 heterocycles. The molecule has 0 amide bonds. The highest BCUT2D eigenvalue weighted by Crippen LogP contribution is 2.18. The van der Waals surface area contributed by atoms with E-state index < -0.39 is 0 Å². The fourth-order valence-corrected chi connectivity index (χ4v) is 1.61. The Labute approximate surface area is 86.9 Å².